The van der Waals surface area contributed by atoms with Crippen LogP contribution in [0.2, 0.25) is 5.02 Å². The quantitative estimate of drug-likeness (QED) is 0.628. The Kier molecular flexibility index (Phi) is 4.55. The van der Waals surface area contributed by atoms with E-state index in [0.29, 0.717) is 0 Å². The molecule has 1 rings (SSSR count). The lowest BCUT2D eigenvalue weighted by Gasteiger charge is -2.17. The summed E-state index contributed by atoms with van der Waals surface area (Å²) in [5.74, 6) is -0.713. The summed E-state index contributed by atoms with van der Waals surface area (Å²) in [6.45, 7) is -0.730. The number of amides is 1. The lowest BCUT2D eigenvalue weighted by Crippen LogP contribution is -2.31. The fourth-order valence-corrected chi connectivity index (χ4v) is 1.54. The Labute approximate surface area is 106 Å². The molecule has 1 aromatic rings. The summed E-state index contributed by atoms with van der Waals surface area (Å²) in [6.07, 6.45) is -2.66. The van der Waals surface area contributed by atoms with Gasteiger partial charge in [0, 0.05) is 19.2 Å². The lowest BCUT2D eigenvalue weighted by atomic mass is 10.2. The predicted molar refractivity (Wildman–Crippen MR) is 61.1 cm³/mol. The Balaban J connectivity index is 2.96. The summed E-state index contributed by atoms with van der Waals surface area (Å²) in [7, 11) is 1.20. The number of benzene rings is 1. The van der Waals surface area contributed by atoms with Crippen LogP contribution in [0.15, 0.2) is 18.2 Å². The van der Waals surface area contributed by atoms with Gasteiger partial charge in [-0.15, -0.1) is 0 Å². The van der Waals surface area contributed by atoms with Crippen LogP contribution in [-0.4, -0.2) is 35.7 Å². The number of halogens is 3. The smallest absolute Gasteiger partial charge is 0.270 e. The molecule has 8 heteroatoms. The molecule has 0 aromatic heterocycles. The SMILES string of the molecule is CN(CC(F)F)C(=O)c1ccc([N+](=O)[O-])cc1Cl. The van der Waals surface area contributed by atoms with Gasteiger partial charge in [-0.05, 0) is 6.07 Å². The third-order valence-electron chi connectivity index (χ3n) is 2.15. The zero-order valence-electron chi connectivity index (χ0n) is 9.27. The predicted octanol–water partition coefficient (Wildman–Crippen LogP) is 2.59. The lowest BCUT2D eigenvalue weighted by molar-refractivity contribution is -0.384. The van der Waals surface area contributed by atoms with Crippen LogP contribution in [0.1, 0.15) is 10.4 Å². The first-order chi connectivity index (χ1) is 8.32. The average molecular weight is 279 g/mol. The maximum atomic E-state index is 12.1. The van der Waals surface area contributed by atoms with Crippen molar-refractivity contribution in [2.75, 3.05) is 13.6 Å². The zero-order valence-corrected chi connectivity index (χ0v) is 10.0. The normalized spacial score (nSPS) is 10.5. The number of nitro benzene ring substituents is 1. The number of hydrogen-bond acceptors (Lipinski definition) is 3. The van der Waals surface area contributed by atoms with Crippen molar-refractivity contribution >= 4 is 23.2 Å². The standard InChI is InChI=1S/C10H9ClF2N2O3/c1-14(5-9(12)13)10(16)7-3-2-6(15(17)18)4-8(7)11/h2-4,9H,5H2,1H3. The Morgan fingerprint density at radius 2 is 2.17 bits per heavy atom. The van der Waals surface area contributed by atoms with Gasteiger partial charge in [0.1, 0.15) is 0 Å². The average Bonchev–Trinajstić information content (AvgIpc) is 2.26. The molecule has 0 bridgehead atoms. The first kappa shape index (κ1) is 14.3. The third-order valence-corrected chi connectivity index (χ3v) is 2.47. The van der Waals surface area contributed by atoms with Crippen molar-refractivity contribution in [2.24, 2.45) is 0 Å². The van der Waals surface area contributed by atoms with E-state index in [9.17, 15) is 23.7 Å². The van der Waals surface area contributed by atoms with Crippen LogP contribution in [0, 0.1) is 10.1 Å². The molecule has 0 aliphatic rings. The number of carbonyl (C=O) groups excluding carboxylic acids is 1. The monoisotopic (exact) mass is 278 g/mol. The topological polar surface area (TPSA) is 63.5 Å². The summed E-state index contributed by atoms with van der Waals surface area (Å²) in [6, 6.07) is 3.24. The van der Waals surface area contributed by atoms with Crippen LogP contribution in [0.3, 0.4) is 0 Å². The molecule has 0 aliphatic heterocycles. The van der Waals surface area contributed by atoms with E-state index in [4.69, 9.17) is 11.6 Å². The van der Waals surface area contributed by atoms with Gasteiger partial charge in [0.15, 0.2) is 0 Å². The second kappa shape index (κ2) is 5.72. The molecule has 1 amide bonds. The molecule has 0 saturated heterocycles. The summed E-state index contributed by atoms with van der Waals surface area (Å²) >= 11 is 5.71. The molecular weight excluding hydrogens is 270 g/mol. The van der Waals surface area contributed by atoms with E-state index in [2.05, 4.69) is 0 Å². The minimum absolute atomic E-state index is 0.0505. The highest BCUT2D eigenvalue weighted by molar-refractivity contribution is 6.34. The maximum absolute atomic E-state index is 12.1. The van der Waals surface area contributed by atoms with Gasteiger partial charge < -0.3 is 4.90 Å². The van der Waals surface area contributed by atoms with Crippen LogP contribution in [0.5, 0.6) is 0 Å². The summed E-state index contributed by atoms with van der Waals surface area (Å²) < 4.78 is 24.2. The number of hydrogen-bond donors (Lipinski definition) is 0. The fraction of sp³-hybridized carbons (Fsp3) is 0.300. The van der Waals surface area contributed by atoms with Crippen molar-refractivity contribution < 1.29 is 18.5 Å². The molecule has 0 saturated carbocycles. The van der Waals surface area contributed by atoms with Crippen molar-refractivity contribution in [1.82, 2.24) is 4.90 Å². The minimum Gasteiger partial charge on any atom is -0.336 e. The van der Waals surface area contributed by atoms with Crippen LogP contribution in [0.4, 0.5) is 14.5 Å². The fourth-order valence-electron chi connectivity index (χ4n) is 1.29. The summed E-state index contributed by atoms with van der Waals surface area (Å²) in [5.41, 5.74) is -0.321. The van der Waals surface area contributed by atoms with Gasteiger partial charge in [0.2, 0.25) is 0 Å². The summed E-state index contributed by atoms with van der Waals surface area (Å²) in [4.78, 5) is 22.3. The molecule has 0 unspecified atom stereocenters. The van der Waals surface area contributed by atoms with E-state index in [0.717, 1.165) is 23.1 Å². The zero-order chi connectivity index (χ0) is 13.9. The van der Waals surface area contributed by atoms with E-state index in [1.165, 1.54) is 7.05 Å². The molecule has 0 atom stereocenters. The van der Waals surface area contributed by atoms with Gasteiger partial charge >= 0.3 is 0 Å². The van der Waals surface area contributed by atoms with Crippen LogP contribution >= 0.6 is 11.6 Å². The maximum Gasteiger partial charge on any atom is 0.270 e. The van der Waals surface area contributed by atoms with E-state index in [1.54, 1.807) is 0 Å². The third kappa shape index (κ3) is 3.36. The van der Waals surface area contributed by atoms with Crippen molar-refractivity contribution in [3.63, 3.8) is 0 Å². The number of carbonyl (C=O) groups is 1. The molecule has 0 radical (unpaired) electrons. The minimum atomic E-state index is -2.66. The highest BCUT2D eigenvalue weighted by Crippen LogP contribution is 2.23. The van der Waals surface area contributed by atoms with Gasteiger partial charge in [0.25, 0.3) is 18.0 Å². The first-order valence-corrected chi connectivity index (χ1v) is 5.18. The van der Waals surface area contributed by atoms with Gasteiger partial charge in [-0.2, -0.15) is 0 Å². The molecule has 1 aromatic carbocycles. The Hall–Kier alpha value is -1.76. The van der Waals surface area contributed by atoms with E-state index >= 15 is 0 Å². The van der Waals surface area contributed by atoms with Gasteiger partial charge in [-0.1, -0.05) is 11.6 Å². The van der Waals surface area contributed by atoms with Crippen LogP contribution < -0.4 is 0 Å². The largest absolute Gasteiger partial charge is 0.336 e. The van der Waals surface area contributed by atoms with Crippen molar-refractivity contribution in [2.45, 2.75) is 6.43 Å². The Morgan fingerprint density at radius 1 is 1.56 bits per heavy atom. The molecule has 0 spiro atoms. The van der Waals surface area contributed by atoms with Crippen molar-refractivity contribution in [3.8, 4) is 0 Å². The molecule has 18 heavy (non-hydrogen) atoms. The van der Waals surface area contributed by atoms with E-state index < -0.39 is 23.8 Å². The number of nitrogens with zero attached hydrogens (tertiary/aromatic N) is 2. The molecule has 0 fully saturated rings. The van der Waals surface area contributed by atoms with Gasteiger partial charge in [-0.3, -0.25) is 14.9 Å². The first-order valence-electron chi connectivity index (χ1n) is 4.80. The Bertz CT molecular complexity index is 482. The van der Waals surface area contributed by atoms with E-state index in [1.807, 2.05) is 0 Å². The number of alkyl halides is 2. The van der Waals surface area contributed by atoms with Crippen molar-refractivity contribution in [1.29, 1.82) is 0 Å². The van der Waals surface area contributed by atoms with Gasteiger partial charge in [-0.25, -0.2) is 8.78 Å². The number of nitro groups is 1. The van der Waals surface area contributed by atoms with Crippen LogP contribution in [-0.2, 0) is 0 Å². The number of rotatable bonds is 4. The molecule has 98 valence electrons. The Morgan fingerprint density at radius 3 is 2.61 bits per heavy atom. The van der Waals surface area contributed by atoms with Crippen LogP contribution in [0.25, 0.3) is 0 Å². The molecule has 0 heterocycles. The highest BCUT2D eigenvalue weighted by atomic mass is 35.5. The van der Waals surface area contributed by atoms with E-state index in [-0.39, 0.29) is 16.3 Å². The van der Waals surface area contributed by atoms with Gasteiger partial charge in [0.05, 0.1) is 22.1 Å². The summed E-state index contributed by atoms with van der Waals surface area (Å²) in [5, 5.41) is 10.3. The second-order valence-corrected chi connectivity index (χ2v) is 3.91. The molecule has 5 nitrogen and oxygen atoms in total. The molecule has 0 N–H and O–H groups in total. The molecular formula is C10H9ClF2N2O3. The highest BCUT2D eigenvalue weighted by Gasteiger charge is 2.20. The second-order valence-electron chi connectivity index (χ2n) is 3.50. The number of non-ortho nitro benzene ring substituents is 1. The van der Waals surface area contributed by atoms with Crippen molar-refractivity contribution in [3.05, 3.63) is 38.9 Å². The molecule has 0 aliphatic carbocycles.